The first-order valence-corrected chi connectivity index (χ1v) is 4.23. The van der Waals surface area contributed by atoms with Crippen LogP contribution in [-0.2, 0) is 0 Å². The maximum Gasteiger partial charge on any atom is 0.273 e. The molecule has 0 saturated heterocycles. The Bertz CT molecular complexity index is 373. The van der Waals surface area contributed by atoms with Crippen molar-refractivity contribution in [3.05, 3.63) is 33.3 Å². The summed E-state index contributed by atoms with van der Waals surface area (Å²) in [6.45, 7) is -0.846. The van der Waals surface area contributed by atoms with Crippen LogP contribution in [0, 0.1) is 10.1 Å². The molecule has 0 aliphatic heterocycles. The molecule has 0 spiro atoms. The topological polar surface area (TPSA) is 52.4 Å². The number of halogens is 3. The summed E-state index contributed by atoms with van der Waals surface area (Å²) in [5.41, 5.74) is -0.260. The number of nitro benzene ring substituents is 1. The van der Waals surface area contributed by atoms with E-state index in [4.69, 9.17) is 11.6 Å². The van der Waals surface area contributed by atoms with Crippen molar-refractivity contribution in [1.29, 1.82) is 0 Å². The number of alkyl halides is 2. The molecule has 0 saturated carbocycles. The van der Waals surface area contributed by atoms with Crippen LogP contribution in [0.15, 0.2) is 18.2 Å². The van der Waals surface area contributed by atoms with E-state index in [0.29, 0.717) is 0 Å². The minimum atomic E-state index is -2.65. The van der Waals surface area contributed by atoms with Crippen molar-refractivity contribution in [3.8, 4) is 5.75 Å². The van der Waals surface area contributed by atoms with Crippen LogP contribution >= 0.6 is 11.6 Å². The molecule has 0 fully saturated rings. The van der Waals surface area contributed by atoms with Gasteiger partial charge in [-0.15, -0.1) is 0 Å². The van der Waals surface area contributed by atoms with Gasteiger partial charge in [-0.1, -0.05) is 11.6 Å². The van der Waals surface area contributed by atoms with Gasteiger partial charge in [0.05, 0.1) is 16.0 Å². The Hall–Kier alpha value is -1.43. The zero-order chi connectivity index (χ0) is 11.4. The number of ether oxygens (including phenoxy) is 1. The number of rotatable bonds is 4. The highest BCUT2D eigenvalue weighted by atomic mass is 35.5. The highest BCUT2D eigenvalue weighted by molar-refractivity contribution is 6.32. The third-order valence-electron chi connectivity index (χ3n) is 1.49. The van der Waals surface area contributed by atoms with Gasteiger partial charge in [-0.3, -0.25) is 10.1 Å². The zero-order valence-corrected chi connectivity index (χ0v) is 8.08. The second-order valence-corrected chi connectivity index (χ2v) is 2.98. The summed E-state index contributed by atoms with van der Waals surface area (Å²) in [6, 6.07) is 3.39. The molecule has 0 amide bonds. The number of benzene rings is 1. The van der Waals surface area contributed by atoms with Crippen molar-refractivity contribution in [2.75, 3.05) is 6.61 Å². The summed E-state index contributed by atoms with van der Waals surface area (Å²) in [5.74, 6) is -0.119. The first-order valence-electron chi connectivity index (χ1n) is 3.85. The van der Waals surface area contributed by atoms with E-state index in [1.54, 1.807) is 0 Å². The Morgan fingerprint density at radius 2 is 2.20 bits per heavy atom. The SMILES string of the molecule is O=[N+]([O-])c1ccc(Cl)c(OCC(F)F)c1. The summed E-state index contributed by atoms with van der Waals surface area (Å²) in [5, 5.41) is 10.4. The van der Waals surface area contributed by atoms with Gasteiger partial charge in [0.15, 0.2) is 0 Å². The van der Waals surface area contributed by atoms with Crippen molar-refractivity contribution in [2.24, 2.45) is 0 Å². The normalized spacial score (nSPS) is 10.4. The molecular formula is C8H6ClF2NO3. The largest absolute Gasteiger partial charge is 0.486 e. The van der Waals surface area contributed by atoms with Gasteiger partial charge in [0.25, 0.3) is 12.1 Å². The summed E-state index contributed by atoms with van der Waals surface area (Å²) in [4.78, 5) is 9.70. The van der Waals surface area contributed by atoms with Crippen LogP contribution in [0.5, 0.6) is 5.75 Å². The summed E-state index contributed by atoms with van der Waals surface area (Å²) in [7, 11) is 0. The molecule has 0 heterocycles. The van der Waals surface area contributed by atoms with Gasteiger partial charge >= 0.3 is 0 Å². The average Bonchev–Trinajstić information content (AvgIpc) is 2.16. The van der Waals surface area contributed by atoms with Gasteiger partial charge in [-0.2, -0.15) is 0 Å². The van der Waals surface area contributed by atoms with Crippen molar-refractivity contribution in [3.63, 3.8) is 0 Å². The van der Waals surface area contributed by atoms with Gasteiger partial charge in [0.2, 0.25) is 0 Å². The monoisotopic (exact) mass is 237 g/mol. The fraction of sp³-hybridized carbons (Fsp3) is 0.250. The molecule has 0 unspecified atom stereocenters. The molecule has 1 aromatic carbocycles. The molecular weight excluding hydrogens is 232 g/mol. The van der Waals surface area contributed by atoms with Crippen LogP contribution in [0.4, 0.5) is 14.5 Å². The Balaban J connectivity index is 2.85. The Kier molecular flexibility index (Phi) is 3.79. The maximum atomic E-state index is 11.8. The van der Waals surface area contributed by atoms with E-state index in [1.165, 1.54) is 6.07 Å². The fourth-order valence-corrected chi connectivity index (χ4v) is 1.04. The number of non-ortho nitro benzene ring substituents is 1. The molecule has 0 N–H and O–H groups in total. The predicted octanol–water partition coefficient (Wildman–Crippen LogP) is 2.89. The molecule has 0 radical (unpaired) electrons. The summed E-state index contributed by atoms with van der Waals surface area (Å²) < 4.78 is 28.2. The van der Waals surface area contributed by atoms with Gasteiger partial charge in [0, 0.05) is 6.07 Å². The second kappa shape index (κ2) is 4.88. The first kappa shape index (κ1) is 11.6. The quantitative estimate of drug-likeness (QED) is 0.598. The number of nitro groups is 1. The molecule has 7 heteroatoms. The van der Waals surface area contributed by atoms with E-state index in [2.05, 4.69) is 4.74 Å². The van der Waals surface area contributed by atoms with Crippen LogP contribution in [0.25, 0.3) is 0 Å². The van der Waals surface area contributed by atoms with E-state index in [-0.39, 0.29) is 16.5 Å². The third-order valence-corrected chi connectivity index (χ3v) is 1.80. The van der Waals surface area contributed by atoms with E-state index < -0.39 is 18.0 Å². The maximum absolute atomic E-state index is 11.8. The van der Waals surface area contributed by atoms with Gasteiger partial charge in [0.1, 0.15) is 12.4 Å². The summed E-state index contributed by atoms with van der Waals surface area (Å²) >= 11 is 5.59. The number of hydrogen-bond acceptors (Lipinski definition) is 3. The smallest absolute Gasteiger partial charge is 0.273 e. The van der Waals surface area contributed by atoms with Gasteiger partial charge in [-0.25, -0.2) is 8.78 Å². The van der Waals surface area contributed by atoms with E-state index >= 15 is 0 Å². The minimum Gasteiger partial charge on any atom is -0.486 e. The Morgan fingerprint density at radius 1 is 1.53 bits per heavy atom. The molecule has 15 heavy (non-hydrogen) atoms. The molecule has 0 aliphatic rings. The molecule has 0 atom stereocenters. The number of nitrogens with zero attached hydrogens (tertiary/aromatic N) is 1. The highest BCUT2D eigenvalue weighted by Crippen LogP contribution is 2.28. The van der Waals surface area contributed by atoms with Crippen molar-refractivity contribution >= 4 is 17.3 Å². The molecule has 82 valence electrons. The van der Waals surface area contributed by atoms with Crippen molar-refractivity contribution in [1.82, 2.24) is 0 Å². The lowest BCUT2D eigenvalue weighted by atomic mass is 10.3. The lowest BCUT2D eigenvalue weighted by molar-refractivity contribution is -0.384. The Morgan fingerprint density at radius 3 is 2.73 bits per heavy atom. The van der Waals surface area contributed by atoms with Crippen LogP contribution in [-0.4, -0.2) is 18.0 Å². The fourth-order valence-electron chi connectivity index (χ4n) is 0.869. The lowest BCUT2D eigenvalue weighted by Crippen LogP contribution is -2.07. The van der Waals surface area contributed by atoms with E-state index in [0.717, 1.165) is 12.1 Å². The van der Waals surface area contributed by atoms with Crippen molar-refractivity contribution < 1.29 is 18.4 Å². The molecule has 0 bridgehead atoms. The minimum absolute atomic E-state index is 0.0567. The van der Waals surface area contributed by atoms with Crippen molar-refractivity contribution in [2.45, 2.75) is 6.43 Å². The number of hydrogen-bond donors (Lipinski definition) is 0. The van der Waals surface area contributed by atoms with E-state index in [1.807, 2.05) is 0 Å². The molecule has 4 nitrogen and oxygen atoms in total. The molecule has 1 aromatic rings. The third kappa shape index (κ3) is 3.32. The van der Waals surface area contributed by atoms with Crippen LogP contribution in [0.2, 0.25) is 5.02 Å². The summed E-state index contributed by atoms with van der Waals surface area (Å²) in [6.07, 6.45) is -2.65. The Labute approximate surface area is 88.6 Å². The lowest BCUT2D eigenvalue weighted by Gasteiger charge is -2.06. The van der Waals surface area contributed by atoms with Crippen LogP contribution in [0.1, 0.15) is 0 Å². The molecule has 0 aromatic heterocycles. The van der Waals surface area contributed by atoms with E-state index in [9.17, 15) is 18.9 Å². The first-order chi connectivity index (χ1) is 7.00. The standard InChI is InChI=1S/C8H6ClF2NO3/c9-6-2-1-5(12(13)14)3-7(6)15-4-8(10)11/h1-3,8H,4H2. The van der Waals surface area contributed by atoms with Crippen LogP contribution < -0.4 is 4.74 Å². The van der Waals surface area contributed by atoms with Gasteiger partial charge < -0.3 is 4.74 Å². The molecule has 0 aliphatic carbocycles. The zero-order valence-electron chi connectivity index (χ0n) is 7.32. The predicted molar refractivity (Wildman–Crippen MR) is 49.6 cm³/mol. The highest BCUT2D eigenvalue weighted by Gasteiger charge is 2.12. The second-order valence-electron chi connectivity index (χ2n) is 2.57. The average molecular weight is 238 g/mol. The van der Waals surface area contributed by atoms with Gasteiger partial charge in [-0.05, 0) is 6.07 Å². The molecule has 1 rings (SSSR count). The van der Waals surface area contributed by atoms with Crippen LogP contribution in [0.3, 0.4) is 0 Å².